The van der Waals surface area contributed by atoms with Crippen molar-refractivity contribution in [3.05, 3.63) is 0 Å². The molecular formula is C14H30N2O. The minimum atomic E-state index is 0.657. The third-order valence-electron chi connectivity index (χ3n) is 3.51. The van der Waals surface area contributed by atoms with Gasteiger partial charge < -0.3 is 10.1 Å². The van der Waals surface area contributed by atoms with Gasteiger partial charge in [0, 0.05) is 25.7 Å². The maximum atomic E-state index is 5.70. The molecule has 0 aliphatic heterocycles. The number of rotatable bonds is 11. The molecule has 3 heteroatoms. The van der Waals surface area contributed by atoms with Crippen LogP contribution in [0.25, 0.3) is 0 Å². The second kappa shape index (κ2) is 8.90. The van der Waals surface area contributed by atoms with Crippen molar-refractivity contribution in [3.8, 4) is 0 Å². The van der Waals surface area contributed by atoms with E-state index in [1.165, 1.54) is 25.7 Å². The van der Waals surface area contributed by atoms with Crippen LogP contribution < -0.4 is 5.32 Å². The van der Waals surface area contributed by atoms with Crippen LogP contribution in [-0.2, 0) is 4.74 Å². The molecule has 1 saturated carbocycles. The molecule has 1 fully saturated rings. The molecule has 1 rings (SSSR count). The van der Waals surface area contributed by atoms with Crippen LogP contribution in [0.5, 0.6) is 0 Å². The average molecular weight is 242 g/mol. The van der Waals surface area contributed by atoms with E-state index in [0.29, 0.717) is 6.04 Å². The van der Waals surface area contributed by atoms with Gasteiger partial charge >= 0.3 is 0 Å². The Morgan fingerprint density at radius 2 is 2.12 bits per heavy atom. The molecule has 1 aliphatic carbocycles. The van der Waals surface area contributed by atoms with Crippen LogP contribution >= 0.6 is 0 Å². The Morgan fingerprint density at radius 3 is 2.71 bits per heavy atom. The third kappa shape index (κ3) is 7.02. The van der Waals surface area contributed by atoms with Gasteiger partial charge in [0.2, 0.25) is 0 Å². The number of ether oxygens (including phenoxy) is 1. The van der Waals surface area contributed by atoms with E-state index >= 15 is 0 Å². The minimum absolute atomic E-state index is 0.657. The van der Waals surface area contributed by atoms with Crippen LogP contribution in [0.1, 0.15) is 39.5 Å². The number of likely N-dealkylation sites (N-methyl/N-ethyl adjacent to an activating group) is 2. The van der Waals surface area contributed by atoms with Crippen molar-refractivity contribution in [1.29, 1.82) is 0 Å². The fraction of sp³-hybridized carbons (Fsp3) is 1.00. The van der Waals surface area contributed by atoms with Crippen LogP contribution in [0.15, 0.2) is 0 Å². The van der Waals surface area contributed by atoms with Gasteiger partial charge in [-0.25, -0.2) is 0 Å². The maximum absolute atomic E-state index is 5.70. The second-order valence-electron chi connectivity index (χ2n) is 5.25. The molecule has 0 radical (unpaired) electrons. The van der Waals surface area contributed by atoms with Crippen LogP contribution in [-0.4, -0.2) is 50.8 Å². The van der Waals surface area contributed by atoms with Gasteiger partial charge in [-0.15, -0.1) is 0 Å². The Labute approximate surface area is 107 Å². The van der Waals surface area contributed by atoms with E-state index in [9.17, 15) is 0 Å². The minimum Gasteiger partial charge on any atom is -0.380 e. The van der Waals surface area contributed by atoms with Crippen LogP contribution in [0.2, 0.25) is 0 Å². The molecule has 0 bridgehead atoms. The lowest BCUT2D eigenvalue weighted by atomic mass is 10.1. The van der Waals surface area contributed by atoms with Gasteiger partial charge in [-0.05, 0) is 38.8 Å². The number of hydrogen-bond acceptors (Lipinski definition) is 3. The van der Waals surface area contributed by atoms with E-state index < -0.39 is 0 Å². The van der Waals surface area contributed by atoms with Crippen LogP contribution in [0.4, 0.5) is 0 Å². The van der Waals surface area contributed by atoms with Crippen LogP contribution in [0.3, 0.4) is 0 Å². The number of nitrogens with one attached hydrogen (secondary N) is 1. The summed E-state index contributed by atoms with van der Waals surface area (Å²) < 4.78 is 5.70. The molecule has 0 aromatic heterocycles. The molecule has 1 aliphatic rings. The summed E-state index contributed by atoms with van der Waals surface area (Å²) in [5.74, 6) is 0.883. The summed E-state index contributed by atoms with van der Waals surface area (Å²) in [5.41, 5.74) is 0. The smallest absolute Gasteiger partial charge is 0.0593 e. The van der Waals surface area contributed by atoms with Crippen molar-refractivity contribution < 1.29 is 4.74 Å². The van der Waals surface area contributed by atoms with Gasteiger partial charge in [0.1, 0.15) is 0 Å². The quantitative estimate of drug-likeness (QED) is 0.562. The molecule has 1 unspecified atom stereocenters. The van der Waals surface area contributed by atoms with Gasteiger partial charge in [0.05, 0.1) is 6.61 Å². The summed E-state index contributed by atoms with van der Waals surface area (Å²) in [6.07, 6.45) is 5.29. The molecule has 0 saturated heterocycles. The fourth-order valence-corrected chi connectivity index (χ4v) is 2.05. The fourth-order valence-electron chi connectivity index (χ4n) is 2.05. The zero-order chi connectivity index (χ0) is 12.5. The zero-order valence-electron chi connectivity index (χ0n) is 11.9. The highest BCUT2D eigenvalue weighted by molar-refractivity contribution is 4.73. The van der Waals surface area contributed by atoms with Gasteiger partial charge in [-0.2, -0.15) is 0 Å². The maximum Gasteiger partial charge on any atom is 0.0593 e. The number of nitrogens with zero attached hydrogens (tertiary/aromatic N) is 1. The molecule has 0 aromatic carbocycles. The Balaban J connectivity index is 2.08. The van der Waals surface area contributed by atoms with Crippen molar-refractivity contribution in [2.45, 2.75) is 45.6 Å². The summed E-state index contributed by atoms with van der Waals surface area (Å²) in [6.45, 7) is 9.52. The highest BCUT2D eigenvalue weighted by Gasteiger charge is 2.21. The normalized spacial score (nSPS) is 17.6. The van der Waals surface area contributed by atoms with Gasteiger partial charge in [0.25, 0.3) is 0 Å². The van der Waals surface area contributed by atoms with Crippen molar-refractivity contribution in [2.24, 2.45) is 5.92 Å². The van der Waals surface area contributed by atoms with Gasteiger partial charge in [-0.1, -0.05) is 20.3 Å². The van der Waals surface area contributed by atoms with E-state index in [1.54, 1.807) is 0 Å². The molecule has 102 valence electrons. The zero-order valence-corrected chi connectivity index (χ0v) is 11.9. The summed E-state index contributed by atoms with van der Waals surface area (Å²) in [6, 6.07) is 0.657. The van der Waals surface area contributed by atoms with Crippen molar-refractivity contribution in [3.63, 3.8) is 0 Å². The topological polar surface area (TPSA) is 24.5 Å². The first-order valence-electron chi connectivity index (χ1n) is 7.26. The van der Waals surface area contributed by atoms with E-state index in [0.717, 1.165) is 38.8 Å². The summed E-state index contributed by atoms with van der Waals surface area (Å²) in [7, 11) is 2.22. The first kappa shape index (κ1) is 14.9. The standard InChI is InChI=1S/C14H30N2O/c1-4-6-14(11-15-5-2)16(3)9-10-17-12-13-7-8-13/h13-15H,4-12H2,1-3H3. The lowest BCUT2D eigenvalue weighted by molar-refractivity contribution is 0.0894. The lowest BCUT2D eigenvalue weighted by Gasteiger charge is -2.28. The van der Waals surface area contributed by atoms with Crippen LogP contribution in [0, 0.1) is 5.92 Å². The van der Waals surface area contributed by atoms with Crippen molar-refractivity contribution >= 4 is 0 Å². The Hall–Kier alpha value is -0.120. The molecule has 0 heterocycles. The second-order valence-corrected chi connectivity index (χ2v) is 5.25. The van der Waals surface area contributed by atoms with E-state index in [-0.39, 0.29) is 0 Å². The van der Waals surface area contributed by atoms with Crippen molar-refractivity contribution in [1.82, 2.24) is 10.2 Å². The Morgan fingerprint density at radius 1 is 1.35 bits per heavy atom. The summed E-state index contributed by atoms with van der Waals surface area (Å²) in [4.78, 5) is 2.44. The Kier molecular flexibility index (Phi) is 7.82. The molecular weight excluding hydrogens is 212 g/mol. The number of hydrogen-bond donors (Lipinski definition) is 1. The summed E-state index contributed by atoms with van der Waals surface area (Å²) >= 11 is 0. The molecule has 17 heavy (non-hydrogen) atoms. The monoisotopic (exact) mass is 242 g/mol. The van der Waals surface area contributed by atoms with E-state index in [2.05, 4.69) is 31.1 Å². The lowest BCUT2D eigenvalue weighted by Crippen LogP contribution is -2.41. The molecule has 1 atom stereocenters. The highest BCUT2D eigenvalue weighted by atomic mass is 16.5. The van der Waals surface area contributed by atoms with Gasteiger partial charge in [-0.3, -0.25) is 4.90 Å². The predicted molar refractivity (Wildman–Crippen MR) is 73.4 cm³/mol. The largest absolute Gasteiger partial charge is 0.380 e. The summed E-state index contributed by atoms with van der Waals surface area (Å²) in [5, 5.41) is 3.45. The molecule has 1 N–H and O–H groups in total. The molecule has 0 spiro atoms. The third-order valence-corrected chi connectivity index (χ3v) is 3.51. The van der Waals surface area contributed by atoms with Gasteiger partial charge in [0.15, 0.2) is 0 Å². The highest BCUT2D eigenvalue weighted by Crippen LogP contribution is 2.28. The average Bonchev–Trinajstić information content (AvgIpc) is 3.13. The van der Waals surface area contributed by atoms with Crippen molar-refractivity contribution in [2.75, 3.05) is 39.9 Å². The first-order chi connectivity index (χ1) is 8.27. The first-order valence-corrected chi connectivity index (χ1v) is 7.26. The Bertz CT molecular complexity index is 183. The molecule has 0 amide bonds. The molecule has 0 aromatic rings. The van der Waals surface area contributed by atoms with E-state index in [1.807, 2.05) is 0 Å². The van der Waals surface area contributed by atoms with E-state index in [4.69, 9.17) is 4.74 Å². The predicted octanol–water partition coefficient (Wildman–Crippen LogP) is 2.12. The SMILES string of the molecule is CCCC(CNCC)N(C)CCOCC1CC1. The molecule has 3 nitrogen and oxygen atoms in total.